The molecule has 0 saturated carbocycles. The van der Waals surface area contributed by atoms with Gasteiger partial charge in [-0.15, -0.1) is 0 Å². The first-order chi connectivity index (χ1) is 16.4. The molecule has 2 aliphatic rings. The van der Waals surface area contributed by atoms with E-state index in [1.165, 1.54) is 44.8 Å². The molecular formula is C33H42ClN. The van der Waals surface area contributed by atoms with Crippen molar-refractivity contribution in [3.8, 4) is 0 Å². The largest absolute Gasteiger partial charge is 0.347 e. The van der Waals surface area contributed by atoms with Crippen LogP contribution in [0.1, 0.15) is 71.9 Å². The number of rotatable bonds is 7. The minimum Gasteiger partial charge on any atom is -0.347 e. The summed E-state index contributed by atoms with van der Waals surface area (Å²) in [5.41, 5.74) is 10.4. The summed E-state index contributed by atoms with van der Waals surface area (Å²) >= 11 is 6.85. The predicted molar refractivity (Wildman–Crippen MR) is 156 cm³/mol. The third kappa shape index (κ3) is 5.84. The molecule has 1 heterocycles. The highest BCUT2D eigenvalue weighted by atomic mass is 35.5. The van der Waals surface area contributed by atoms with Gasteiger partial charge in [-0.25, -0.2) is 0 Å². The van der Waals surface area contributed by atoms with Crippen molar-refractivity contribution in [2.24, 2.45) is 5.41 Å². The second kappa shape index (κ2) is 10.6. The summed E-state index contributed by atoms with van der Waals surface area (Å²) in [7, 11) is 2.17. The fourth-order valence-corrected chi connectivity index (χ4v) is 5.38. The number of aryl methyl sites for hydroxylation is 1. The fourth-order valence-electron chi connectivity index (χ4n) is 5.07. The van der Waals surface area contributed by atoms with Gasteiger partial charge in [0.2, 0.25) is 0 Å². The second-order valence-electron chi connectivity index (χ2n) is 11.3. The summed E-state index contributed by atoms with van der Waals surface area (Å²) in [6.07, 6.45) is 18.1. The average molecular weight is 488 g/mol. The van der Waals surface area contributed by atoms with Crippen LogP contribution < -0.4 is 4.90 Å². The van der Waals surface area contributed by atoms with Crippen molar-refractivity contribution in [3.63, 3.8) is 0 Å². The van der Waals surface area contributed by atoms with Gasteiger partial charge in [0.15, 0.2) is 0 Å². The number of nitrogens with zero attached hydrogens (tertiary/aromatic N) is 1. The van der Waals surface area contributed by atoms with Gasteiger partial charge in [0, 0.05) is 28.9 Å². The molecular weight excluding hydrogens is 446 g/mol. The summed E-state index contributed by atoms with van der Waals surface area (Å²) in [6.45, 7) is 19.5. The molecule has 2 heteroatoms. The molecule has 0 bridgehead atoms. The van der Waals surface area contributed by atoms with Crippen LogP contribution in [0.2, 0.25) is 0 Å². The van der Waals surface area contributed by atoms with E-state index in [9.17, 15) is 0 Å². The standard InChI is InChI=1S/C33H42ClN/c1-10-12-23(2)21-25(4)32(5,6)20-11-13-26-15-16-27(31(26)34)17-19-30-33(7,8)28-22-24(3)14-18-29(28)35(30)9/h10-14,17-19,21-22H,1,15-16,20H2,2-9H3/b13-11+,23-12-,25-21+,27-17+,30-19+. The molecule has 0 amide bonds. The van der Waals surface area contributed by atoms with Gasteiger partial charge in [-0.3, -0.25) is 0 Å². The van der Waals surface area contributed by atoms with Crippen LogP contribution in [-0.4, -0.2) is 7.05 Å². The Morgan fingerprint density at radius 1 is 1.17 bits per heavy atom. The van der Waals surface area contributed by atoms with E-state index in [1.54, 1.807) is 0 Å². The Kier molecular flexibility index (Phi) is 8.22. The summed E-state index contributed by atoms with van der Waals surface area (Å²) in [6, 6.07) is 6.75. The summed E-state index contributed by atoms with van der Waals surface area (Å²) in [4.78, 5) is 2.32. The van der Waals surface area contributed by atoms with E-state index in [-0.39, 0.29) is 10.8 Å². The molecule has 1 aliphatic heterocycles. The van der Waals surface area contributed by atoms with Crippen LogP contribution in [0.15, 0.2) is 100 Å². The Hall–Kier alpha value is -2.51. The van der Waals surface area contributed by atoms with Gasteiger partial charge >= 0.3 is 0 Å². The van der Waals surface area contributed by atoms with E-state index in [4.69, 9.17) is 11.6 Å². The van der Waals surface area contributed by atoms with Gasteiger partial charge < -0.3 is 4.90 Å². The van der Waals surface area contributed by atoms with E-state index in [0.717, 1.165) is 24.3 Å². The molecule has 0 aromatic heterocycles. The third-order valence-electron chi connectivity index (χ3n) is 7.70. The Morgan fingerprint density at radius 2 is 1.89 bits per heavy atom. The zero-order valence-corrected chi connectivity index (χ0v) is 23.7. The summed E-state index contributed by atoms with van der Waals surface area (Å²) in [5, 5.41) is 0.916. The van der Waals surface area contributed by atoms with Crippen molar-refractivity contribution in [1.82, 2.24) is 0 Å². The number of likely N-dealkylation sites (N-methyl/N-ethyl adjacent to an activating group) is 1. The van der Waals surface area contributed by atoms with Crippen LogP contribution >= 0.6 is 11.6 Å². The lowest BCUT2D eigenvalue weighted by molar-refractivity contribution is 0.453. The van der Waals surface area contributed by atoms with Gasteiger partial charge in [0.1, 0.15) is 0 Å². The number of allylic oxidation sites excluding steroid dienone is 13. The van der Waals surface area contributed by atoms with Crippen molar-refractivity contribution in [1.29, 1.82) is 0 Å². The molecule has 0 N–H and O–H groups in total. The van der Waals surface area contributed by atoms with E-state index < -0.39 is 0 Å². The van der Waals surface area contributed by atoms with Crippen LogP contribution in [0, 0.1) is 12.3 Å². The zero-order valence-electron chi connectivity index (χ0n) is 22.9. The molecule has 0 fully saturated rings. The summed E-state index contributed by atoms with van der Waals surface area (Å²) in [5.74, 6) is 0. The van der Waals surface area contributed by atoms with Gasteiger partial charge in [-0.2, -0.15) is 0 Å². The van der Waals surface area contributed by atoms with Gasteiger partial charge in [-0.05, 0) is 74.3 Å². The lowest BCUT2D eigenvalue weighted by Gasteiger charge is -2.24. The molecule has 1 aliphatic carbocycles. The maximum Gasteiger partial charge on any atom is 0.0470 e. The van der Waals surface area contributed by atoms with E-state index in [0.29, 0.717) is 0 Å². The van der Waals surface area contributed by atoms with Gasteiger partial charge in [0.05, 0.1) is 0 Å². The molecule has 0 saturated heterocycles. The van der Waals surface area contributed by atoms with Crippen LogP contribution in [0.25, 0.3) is 0 Å². The molecule has 1 nitrogen and oxygen atoms in total. The molecule has 186 valence electrons. The van der Waals surface area contributed by atoms with Crippen molar-refractivity contribution in [2.45, 2.75) is 73.1 Å². The van der Waals surface area contributed by atoms with Gasteiger partial charge in [0.25, 0.3) is 0 Å². The average Bonchev–Trinajstić information content (AvgIpc) is 3.21. The quantitative estimate of drug-likeness (QED) is 0.346. The number of fused-ring (bicyclic) bond motifs is 1. The Labute approximate surface area is 219 Å². The first kappa shape index (κ1) is 27.1. The fraction of sp³-hybridized carbons (Fsp3) is 0.394. The van der Waals surface area contributed by atoms with Crippen LogP contribution in [-0.2, 0) is 5.41 Å². The summed E-state index contributed by atoms with van der Waals surface area (Å²) < 4.78 is 0. The van der Waals surface area contributed by atoms with Crippen molar-refractivity contribution in [3.05, 3.63) is 111 Å². The van der Waals surface area contributed by atoms with Crippen molar-refractivity contribution >= 4 is 17.3 Å². The smallest absolute Gasteiger partial charge is 0.0470 e. The SMILES string of the molecule is C=C/C=C(C)\C=C(/C)C(C)(C)C/C=C/C1=C(Cl)C(=C/C=C2/N(C)c3ccc(C)cc3C2(C)C)/CC1. The van der Waals surface area contributed by atoms with E-state index >= 15 is 0 Å². The molecule has 35 heavy (non-hydrogen) atoms. The predicted octanol–water partition coefficient (Wildman–Crippen LogP) is 9.87. The first-order valence-electron chi connectivity index (χ1n) is 12.7. The zero-order chi connectivity index (χ0) is 26.0. The maximum atomic E-state index is 6.85. The van der Waals surface area contributed by atoms with Crippen LogP contribution in [0.5, 0.6) is 0 Å². The number of anilines is 1. The molecule has 0 unspecified atom stereocenters. The normalized spacial score (nSPS) is 21.1. The monoisotopic (exact) mass is 487 g/mol. The van der Waals surface area contributed by atoms with Crippen molar-refractivity contribution < 1.29 is 0 Å². The Morgan fingerprint density at radius 3 is 2.57 bits per heavy atom. The molecule has 1 aromatic rings. The molecule has 0 radical (unpaired) electrons. The van der Waals surface area contributed by atoms with Crippen LogP contribution in [0.3, 0.4) is 0 Å². The highest BCUT2D eigenvalue weighted by molar-refractivity contribution is 6.33. The van der Waals surface area contributed by atoms with E-state index in [1.807, 2.05) is 12.2 Å². The highest BCUT2D eigenvalue weighted by Gasteiger charge is 2.38. The minimum absolute atomic E-state index is 0.0269. The van der Waals surface area contributed by atoms with Crippen molar-refractivity contribution in [2.75, 3.05) is 11.9 Å². The molecule has 0 spiro atoms. The van der Waals surface area contributed by atoms with E-state index in [2.05, 4.69) is 116 Å². The molecule has 0 atom stereocenters. The number of benzene rings is 1. The number of hydrogen-bond donors (Lipinski definition) is 0. The third-order valence-corrected chi connectivity index (χ3v) is 8.18. The lowest BCUT2D eigenvalue weighted by atomic mass is 9.81. The maximum absolute atomic E-state index is 6.85. The molecule has 3 rings (SSSR count). The van der Waals surface area contributed by atoms with Gasteiger partial charge in [-0.1, -0.05) is 111 Å². The first-order valence-corrected chi connectivity index (χ1v) is 13.1. The minimum atomic E-state index is -0.0269. The number of halogens is 1. The Bertz CT molecular complexity index is 1180. The topological polar surface area (TPSA) is 3.24 Å². The molecule has 1 aromatic carbocycles. The second-order valence-corrected chi connectivity index (χ2v) is 11.6. The Balaban J connectivity index is 1.77. The number of hydrogen-bond acceptors (Lipinski definition) is 1. The highest BCUT2D eigenvalue weighted by Crippen LogP contribution is 2.47. The lowest BCUT2D eigenvalue weighted by Crippen LogP contribution is -2.22. The van der Waals surface area contributed by atoms with Crippen LogP contribution in [0.4, 0.5) is 5.69 Å².